The summed E-state index contributed by atoms with van der Waals surface area (Å²) >= 11 is 5.74. The molecule has 7 nitrogen and oxygen atoms in total. The summed E-state index contributed by atoms with van der Waals surface area (Å²) in [5.41, 5.74) is 1.40. The first-order valence-corrected chi connectivity index (χ1v) is 10.2. The molecular formula is C21H21ClFN5O2. The molecule has 0 radical (unpaired) electrons. The highest BCUT2D eigenvalue weighted by molar-refractivity contribution is 6.31. The smallest absolute Gasteiger partial charge is 0.308 e. The first-order valence-electron chi connectivity index (χ1n) is 9.81. The number of amides is 2. The number of hydrogen-bond acceptors (Lipinski definition) is 3. The van der Waals surface area contributed by atoms with Gasteiger partial charge in [0.2, 0.25) is 0 Å². The van der Waals surface area contributed by atoms with Gasteiger partial charge in [-0.2, -0.15) is 5.10 Å². The first-order chi connectivity index (χ1) is 14.5. The van der Waals surface area contributed by atoms with Gasteiger partial charge >= 0.3 is 11.7 Å². The second-order valence-electron chi connectivity index (χ2n) is 7.30. The molecule has 0 unspecified atom stereocenters. The molecule has 0 bridgehead atoms. The van der Waals surface area contributed by atoms with E-state index in [9.17, 15) is 14.0 Å². The van der Waals surface area contributed by atoms with Crippen molar-refractivity contribution in [3.63, 3.8) is 0 Å². The minimum Gasteiger partial charge on any atom is -0.308 e. The Kier molecular flexibility index (Phi) is 5.85. The van der Waals surface area contributed by atoms with Gasteiger partial charge in [-0.05, 0) is 43.2 Å². The van der Waals surface area contributed by atoms with Crippen LogP contribution in [0.5, 0.6) is 0 Å². The molecule has 1 aliphatic rings. The molecule has 0 saturated heterocycles. The van der Waals surface area contributed by atoms with Crippen LogP contribution in [-0.2, 0) is 0 Å². The highest BCUT2D eigenvalue weighted by atomic mass is 35.5. The maximum atomic E-state index is 13.3. The summed E-state index contributed by atoms with van der Waals surface area (Å²) in [6, 6.07) is 10.7. The van der Waals surface area contributed by atoms with Crippen molar-refractivity contribution in [2.75, 3.05) is 10.6 Å². The monoisotopic (exact) mass is 429 g/mol. The lowest BCUT2D eigenvalue weighted by Crippen LogP contribution is -2.25. The van der Waals surface area contributed by atoms with Crippen LogP contribution in [0.3, 0.4) is 0 Å². The van der Waals surface area contributed by atoms with Crippen LogP contribution in [-0.4, -0.2) is 20.8 Å². The molecule has 0 atom stereocenters. The van der Waals surface area contributed by atoms with Crippen LogP contribution in [0.2, 0.25) is 5.02 Å². The van der Waals surface area contributed by atoms with Crippen molar-refractivity contribution in [1.29, 1.82) is 0 Å². The number of anilines is 2. The predicted molar refractivity (Wildman–Crippen MR) is 114 cm³/mol. The van der Waals surface area contributed by atoms with E-state index in [0.717, 1.165) is 31.2 Å². The average molecular weight is 430 g/mol. The molecule has 1 saturated carbocycles. The van der Waals surface area contributed by atoms with Gasteiger partial charge in [0.15, 0.2) is 5.82 Å². The Morgan fingerprint density at radius 1 is 1.10 bits per heavy atom. The summed E-state index contributed by atoms with van der Waals surface area (Å²) in [4.78, 5) is 24.7. The number of nitrogens with zero attached hydrogens (tertiary/aromatic N) is 2. The summed E-state index contributed by atoms with van der Waals surface area (Å²) in [5, 5.41) is 12.0. The van der Waals surface area contributed by atoms with Crippen LogP contribution in [0.15, 0.2) is 47.3 Å². The SMILES string of the molecule is O=C(Nc1cccc(-c2n[nH]c(=O)n2C2CCCCC2)c1)Nc1ccc(F)c(Cl)c1. The topological polar surface area (TPSA) is 91.8 Å². The third-order valence-corrected chi connectivity index (χ3v) is 5.49. The van der Waals surface area contributed by atoms with E-state index in [0.29, 0.717) is 17.2 Å². The maximum Gasteiger partial charge on any atom is 0.343 e. The number of carbonyl (C=O) groups excluding carboxylic acids is 1. The molecule has 2 aromatic carbocycles. The van der Waals surface area contributed by atoms with Crippen LogP contribution in [0, 0.1) is 5.82 Å². The lowest BCUT2D eigenvalue weighted by atomic mass is 9.95. The quantitative estimate of drug-likeness (QED) is 0.533. The average Bonchev–Trinajstić information content (AvgIpc) is 3.13. The number of carbonyl (C=O) groups is 1. The number of nitrogens with one attached hydrogen (secondary N) is 3. The number of urea groups is 1. The van der Waals surface area contributed by atoms with E-state index in [1.54, 1.807) is 22.8 Å². The Morgan fingerprint density at radius 3 is 2.57 bits per heavy atom. The van der Waals surface area contributed by atoms with Crippen LogP contribution in [0.25, 0.3) is 11.4 Å². The fourth-order valence-corrected chi connectivity index (χ4v) is 3.97. The lowest BCUT2D eigenvalue weighted by Gasteiger charge is -2.23. The highest BCUT2D eigenvalue weighted by Gasteiger charge is 2.22. The van der Waals surface area contributed by atoms with Crippen molar-refractivity contribution in [3.05, 3.63) is 63.8 Å². The summed E-state index contributed by atoms with van der Waals surface area (Å²) < 4.78 is 15.0. The first kappa shape index (κ1) is 20.2. The van der Waals surface area contributed by atoms with E-state index in [4.69, 9.17) is 11.6 Å². The summed E-state index contributed by atoms with van der Waals surface area (Å²) in [7, 11) is 0. The van der Waals surface area contributed by atoms with Gasteiger partial charge in [-0.25, -0.2) is 19.1 Å². The molecule has 0 aliphatic heterocycles. The van der Waals surface area contributed by atoms with Gasteiger partial charge in [0.25, 0.3) is 0 Å². The van der Waals surface area contributed by atoms with Gasteiger partial charge in [0.05, 0.1) is 5.02 Å². The number of aromatic nitrogens is 3. The van der Waals surface area contributed by atoms with Gasteiger partial charge in [0.1, 0.15) is 5.82 Å². The molecule has 3 N–H and O–H groups in total. The lowest BCUT2D eigenvalue weighted by molar-refractivity contribution is 0.262. The summed E-state index contributed by atoms with van der Waals surface area (Å²) in [6.45, 7) is 0. The Hall–Kier alpha value is -3.13. The molecule has 1 aromatic heterocycles. The molecule has 156 valence electrons. The fourth-order valence-electron chi connectivity index (χ4n) is 3.79. The number of benzene rings is 2. The number of H-pyrrole nitrogens is 1. The fraction of sp³-hybridized carbons (Fsp3) is 0.286. The van der Waals surface area contributed by atoms with Crippen molar-refractivity contribution in [1.82, 2.24) is 14.8 Å². The van der Waals surface area contributed by atoms with E-state index in [2.05, 4.69) is 20.8 Å². The van der Waals surface area contributed by atoms with Crippen molar-refractivity contribution in [3.8, 4) is 11.4 Å². The van der Waals surface area contributed by atoms with E-state index < -0.39 is 11.8 Å². The van der Waals surface area contributed by atoms with Gasteiger partial charge in [-0.1, -0.05) is 43.0 Å². The minimum atomic E-state index is -0.557. The molecular weight excluding hydrogens is 409 g/mol. The molecule has 0 spiro atoms. The normalized spacial score (nSPS) is 14.5. The van der Waals surface area contributed by atoms with Crippen LogP contribution >= 0.6 is 11.6 Å². The molecule has 30 heavy (non-hydrogen) atoms. The van der Waals surface area contributed by atoms with E-state index in [-0.39, 0.29) is 16.8 Å². The zero-order chi connectivity index (χ0) is 21.1. The van der Waals surface area contributed by atoms with Crippen molar-refractivity contribution in [2.24, 2.45) is 0 Å². The van der Waals surface area contributed by atoms with Crippen molar-refractivity contribution >= 4 is 29.0 Å². The van der Waals surface area contributed by atoms with Gasteiger partial charge in [-0.15, -0.1) is 0 Å². The van der Waals surface area contributed by atoms with Crippen LogP contribution < -0.4 is 16.3 Å². The zero-order valence-electron chi connectivity index (χ0n) is 16.1. The zero-order valence-corrected chi connectivity index (χ0v) is 16.9. The van der Waals surface area contributed by atoms with Gasteiger partial charge < -0.3 is 10.6 Å². The Balaban J connectivity index is 1.52. The Morgan fingerprint density at radius 2 is 1.83 bits per heavy atom. The number of halogens is 2. The molecule has 2 amide bonds. The summed E-state index contributed by atoms with van der Waals surface area (Å²) in [5.74, 6) is -0.000356. The van der Waals surface area contributed by atoms with E-state index >= 15 is 0 Å². The molecule has 1 fully saturated rings. The highest BCUT2D eigenvalue weighted by Crippen LogP contribution is 2.30. The molecule has 9 heteroatoms. The maximum absolute atomic E-state index is 13.3. The van der Waals surface area contributed by atoms with Gasteiger partial charge in [0, 0.05) is 23.0 Å². The largest absolute Gasteiger partial charge is 0.343 e. The molecule has 1 aliphatic carbocycles. The van der Waals surface area contributed by atoms with Crippen molar-refractivity contribution < 1.29 is 9.18 Å². The third kappa shape index (κ3) is 4.38. The Bertz CT molecular complexity index is 1120. The third-order valence-electron chi connectivity index (χ3n) is 5.20. The molecule has 3 aromatic rings. The minimum absolute atomic E-state index is 0.0750. The second kappa shape index (κ2) is 8.71. The standard InChI is InChI=1S/C21H21ClFN5O2/c22-17-12-15(9-10-18(17)23)25-20(29)24-14-6-4-5-13(11-14)19-26-27-21(30)28(19)16-7-2-1-3-8-16/h4-6,9-12,16H,1-3,7-8H2,(H,27,30)(H2,24,25,29). The number of hydrogen-bond donors (Lipinski definition) is 3. The summed E-state index contributed by atoms with van der Waals surface area (Å²) in [6.07, 6.45) is 5.28. The van der Waals surface area contributed by atoms with E-state index in [1.807, 2.05) is 6.07 Å². The van der Waals surface area contributed by atoms with Gasteiger partial charge in [-0.3, -0.25) is 4.57 Å². The number of aromatic amines is 1. The number of rotatable bonds is 4. The second-order valence-corrected chi connectivity index (χ2v) is 7.71. The predicted octanol–water partition coefficient (Wildman–Crippen LogP) is 5.18. The molecule has 4 rings (SSSR count). The Labute approximate surface area is 177 Å². The molecule has 1 heterocycles. The van der Waals surface area contributed by atoms with Crippen LogP contribution in [0.4, 0.5) is 20.6 Å². The van der Waals surface area contributed by atoms with E-state index in [1.165, 1.54) is 24.6 Å². The van der Waals surface area contributed by atoms with Crippen LogP contribution in [0.1, 0.15) is 38.1 Å². The van der Waals surface area contributed by atoms with Crippen molar-refractivity contribution in [2.45, 2.75) is 38.1 Å².